The van der Waals surface area contributed by atoms with E-state index in [1.54, 1.807) is 12.3 Å². The van der Waals surface area contributed by atoms with E-state index in [0.29, 0.717) is 5.56 Å². The Morgan fingerprint density at radius 1 is 1.00 bits per heavy atom. The fourth-order valence-electron chi connectivity index (χ4n) is 2.27. The monoisotopic (exact) mass is 247 g/mol. The number of carbonyl (C=O) groups is 1. The van der Waals surface area contributed by atoms with Gasteiger partial charge < -0.3 is 0 Å². The molecule has 0 radical (unpaired) electrons. The van der Waals surface area contributed by atoms with Gasteiger partial charge >= 0.3 is 0 Å². The summed E-state index contributed by atoms with van der Waals surface area (Å²) in [5, 5.41) is 2.07. The zero-order valence-corrected chi connectivity index (χ0v) is 10.6. The number of hydrogen-bond donors (Lipinski definition) is 0. The quantitative estimate of drug-likeness (QED) is 0.645. The van der Waals surface area contributed by atoms with E-state index in [-0.39, 0.29) is 5.78 Å². The second-order valence-electron chi connectivity index (χ2n) is 4.54. The number of aryl methyl sites for hydroxylation is 1. The molecule has 0 aliphatic rings. The van der Waals surface area contributed by atoms with Crippen LogP contribution in [0.25, 0.3) is 10.8 Å². The Kier molecular flexibility index (Phi) is 2.84. The summed E-state index contributed by atoms with van der Waals surface area (Å²) >= 11 is 0. The molecule has 2 nitrogen and oxygen atoms in total. The molecule has 0 amide bonds. The van der Waals surface area contributed by atoms with Crippen LogP contribution in [0.5, 0.6) is 0 Å². The molecule has 19 heavy (non-hydrogen) atoms. The van der Waals surface area contributed by atoms with Crippen molar-refractivity contribution in [1.29, 1.82) is 0 Å². The highest BCUT2D eigenvalue weighted by Crippen LogP contribution is 2.21. The van der Waals surface area contributed by atoms with E-state index in [4.69, 9.17) is 0 Å². The molecule has 3 aromatic rings. The summed E-state index contributed by atoms with van der Waals surface area (Å²) in [5.74, 6) is 0.0438. The molecule has 2 aromatic carbocycles. The smallest absolute Gasteiger partial charge is 0.193 e. The number of fused-ring (bicyclic) bond motifs is 1. The molecular formula is C17H13NO. The van der Waals surface area contributed by atoms with Crippen molar-refractivity contribution < 1.29 is 4.79 Å². The SMILES string of the molecule is Cc1cc(C(=O)c2cccc3ccccc23)ccn1. The Balaban J connectivity index is 2.17. The van der Waals surface area contributed by atoms with Crippen molar-refractivity contribution in [3.05, 3.63) is 77.6 Å². The van der Waals surface area contributed by atoms with Crippen molar-refractivity contribution in [3.63, 3.8) is 0 Å². The predicted molar refractivity (Wildman–Crippen MR) is 76.4 cm³/mol. The number of hydrogen-bond acceptors (Lipinski definition) is 2. The summed E-state index contributed by atoms with van der Waals surface area (Å²) in [6, 6.07) is 17.3. The molecule has 0 N–H and O–H groups in total. The molecule has 0 saturated heterocycles. The van der Waals surface area contributed by atoms with E-state index in [2.05, 4.69) is 4.98 Å². The number of nitrogens with zero attached hydrogens (tertiary/aromatic N) is 1. The van der Waals surface area contributed by atoms with Crippen molar-refractivity contribution in [1.82, 2.24) is 4.98 Å². The summed E-state index contributed by atoms with van der Waals surface area (Å²) in [6.07, 6.45) is 1.67. The molecule has 0 bridgehead atoms. The highest BCUT2D eigenvalue weighted by molar-refractivity contribution is 6.16. The van der Waals surface area contributed by atoms with Crippen LogP contribution in [0.4, 0.5) is 0 Å². The number of rotatable bonds is 2. The van der Waals surface area contributed by atoms with Gasteiger partial charge in [0.15, 0.2) is 5.78 Å². The Hall–Kier alpha value is -2.48. The van der Waals surface area contributed by atoms with Crippen molar-refractivity contribution in [2.24, 2.45) is 0 Å². The average Bonchev–Trinajstić information content (AvgIpc) is 2.46. The topological polar surface area (TPSA) is 30.0 Å². The number of ketones is 1. The Bertz CT molecular complexity index is 757. The Labute approximate surface area is 111 Å². The zero-order chi connectivity index (χ0) is 13.2. The van der Waals surface area contributed by atoms with Crippen molar-refractivity contribution in [2.75, 3.05) is 0 Å². The van der Waals surface area contributed by atoms with Crippen molar-refractivity contribution >= 4 is 16.6 Å². The van der Waals surface area contributed by atoms with Crippen molar-refractivity contribution in [2.45, 2.75) is 6.92 Å². The van der Waals surface area contributed by atoms with Crippen LogP contribution in [0.15, 0.2) is 60.8 Å². The van der Waals surface area contributed by atoms with Crippen LogP contribution in [-0.2, 0) is 0 Å². The third kappa shape index (κ3) is 2.13. The van der Waals surface area contributed by atoms with E-state index in [9.17, 15) is 4.79 Å². The van der Waals surface area contributed by atoms with E-state index in [1.807, 2.05) is 55.5 Å². The van der Waals surface area contributed by atoms with Gasteiger partial charge in [0.1, 0.15) is 0 Å². The summed E-state index contributed by atoms with van der Waals surface area (Å²) in [6.45, 7) is 1.89. The lowest BCUT2D eigenvalue weighted by atomic mass is 9.97. The molecule has 0 atom stereocenters. The first kappa shape index (κ1) is 11.6. The van der Waals surface area contributed by atoms with Gasteiger partial charge in [-0.15, -0.1) is 0 Å². The van der Waals surface area contributed by atoms with E-state index in [0.717, 1.165) is 22.0 Å². The van der Waals surface area contributed by atoms with E-state index in [1.165, 1.54) is 0 Å². The first-order valence-electron chi connectivity index (χ1n) is 6.21. The van der Waals surface area contributed by atoms with Crippen LogP contribution < -0.4 is 0 Å². The van der Waals surface area contributed by atoms with E-state index < -0.39 is 0 Å². The van der Waals surface area contributed by atoms with Gasteiger partial charge in [0, 0.05) is 23.0 Å². The zero-order valence-electron chi connectivity index (χ0n) is 10.6. The molecule has 0 unspecified atom stereocenters. The minimum absolute atomic E-state index is 0.0438. The molecule has 0 aliphatic carbocycles. The lowest BCUT2D eigenvalue weighted by Gasteiger charge is -2.06. The highest BCUT2D eigenvalue weighted by atomic mass is 16.1. The molecule has 0 aliphatic heterocycles. The maximum absolute atomic E-state index is 12.6. The summed E-state index contributed by atoms with van der Waals surface area (Å²) in [4.78, 5) is 16.7. The third-order valence-corrected chi connectivity index (χ3v) is 3.19. The molecule has 0 fully saturated rings. The van der Waals surface area contributed by atoms with Crippen LogP contribution in [0.2, 0.25) is 0 Å². The largest absolute Gasteiger partial charge is 0.289 e. The van der Waals surface area contributed by atoms with Gasteiger partial charge in [-0.3, -0.25) is 9.78 Å². The Morgan fingerprint density at radius 2 is 1.79 bits per heavy atom. The second kappa shape index (κ2) is 4.65. The molecule has 1 aromatic heterocycles. The van der Waals surface area contributed by atoms with Crippen LogP contribution in [0.1, 0.15) is 21.6 Å². The molecule has 2 heteroatoms. The first-order chi connectivity index (χ1) is 9.25. The van der Waals surface area contributed by atoms with Gasteiger partial charge in [0.2, 0.25) is 0 Å². The predicted octanol–water partition coefficient (Wildman–Crippen LogP) is 3.77. The van der Waals surface area contributed by atoms with Gasteiger partial charge in [-0.1, -0.05) is 42.5 Å². The van der Waals surface area contributed by atoms with Crippen LogP contribution >= 0.6 is 0 Å². The van der Waals surface area contributed by atoms with Gasteiger partial charge in [-0.25, -0.2) is 0 Å². The van der Waals surface area contributed by atoms with Crippen LogP contribution in [0.3, 0.4) is 0 Å². The number of pyridine rings is 1. The number of aromatic nitrogens is 1. The highest BCUT2D eigenvalue weighted by Gasteiger charge is 2.12. The molecule has 92 valence electrons. The van der Waals surface area contributed by atoms with E-state index >= 15 is 0 Å². The fraction of sp³-hybridized carbons (Fsp3) is 0.0588. The summed E-state index contributed by atoms with van der Waals surface area (Å²) in [7, 11) is 0. The van der Waals surface area contributed by atoms with Gasteiger partial charge in [0.25, 0.3) is 0 Å². The van der Waals surface area contributed by atoms with Gasteiger partial charge in [0.05, 0.1) is 0 Å². The standard InChI is InChI=1S/C17H13NO/c1-12-11-14(9-10-18-12)17(19)16-8-4-6-13-5-2-3-7-15(13)16/h2-11H,1H3. The van der Waals surface area contributed by atoms with Crippen molar-refractivity contribution in [3.8, 4) is 0 Å². The Morgan fingerprint density at radius 3 is 2.63 bits per heavy atom. The second-order valence-corrected chi connectivity index (χ2v) is 4.54. The molecule has 0 spiro atoms. The number of carbonyl (C=O) groups excluding carboxylic acids is 1. The minimum Gasteiger partial charge on any atom is -0.289 e. The molecule has 0 saturated carbocycles. The first-order valence-corrected chi connectivity index (χ1v) is 6.21. The van der Waals surface area contributed by atoms with Gasteiger partial charge in [-0.2, -0.15) is 0 Å². The summed E-state index contributed by atoms with van der Waals surface area (Å²) < 4.78 is 0. The lowest BCUT2D eigenvalue weighted by molar-refractivity contribution is 0.104. The minimum atomic E-state index is 0.0438. The molecule has 1 heterocycles. The average molecular weight is 247 g/mol. The normalized spacial score (nSPS) is 10.6. The van der Waals surface area contributed by atoms with Gasteiger partial charge in [-0.05, 0) is 29.8 Å². The van der Waals surface area contributed by atoms with Crippen LogP contribution in [-0.4, -0.2) is 10.8 Å². The molecular weight excluding hydrogens is 234 g/mol. The summed E-state index contributed by atoms with van der Waals surface area (Å²) in [5.41, 5.74) is 2.28. The fourth-order valence-corrected chi connectivity index (χ4v) is 2.27. The third-order valence-electron chi connectivity index (χ3n) is 3.19. The maximum Gasteiger partial charge on any atom is 0.193 e. The number of benzene rings is 2. The molecule has 3 rings (SSSR count). The maximum atomic E-state index is 12.6. The van der Waals surface area contributed by atoms with Crippen LogP contribution in [0, 0.1) is 6.92 Å². The lowest BCUT2D eigenvalue weighted by Crippen LogP contribution is -2.03.